The average Bonchev–Trinajstić information content (AvgIpc) is 2.70. The summed E-state index contributed by atoms with van der Waals surface area (Å²) >= 11 is 7.43. The highest BCUT2D eigenvalue weighted by Crippen LogP contribution is 2.30. The molecule has 1 aliphatic rings. The van der Waals surface area contributed by atoms with E-state index in [9.17, 15) is 9.59 Å². The van der Waals surface area contributed by atoms with Crippen molar-refractivity contribution < 1.29 is 23.8 Å². The molecule has 1 amide bonds. The second-order valence-corrected chi connectivity index (χ2v) is 7.19. The molecule has 0 atom stereocenters. The molecule has 27 heavy (non-hydrogen) atoms. The number of nitrogens with one attached hydrogen (secondary N) is 1. The first kappa shape index (κ1) is 19.4. The molecule has 0 aromatic heterocycles. The van der Waals surface area contributed by atoms with Crippen LogP contribution in [0.2, 0.25) is 5.02 Å². The van der Waals surface area contributed by atoms with Gasteiger partial charge in [0.05, 0.1) is 5.56 Å². The van der Waals surface area contributed by atoms with Crippen LogP contribution in [0.5, 0.6) is 11.5 Å². The summed E-state index contributed by atoms with van der Waals surface area (Å²) in [6.45, 7) is 1.04. The summed E-state index contributed by atoms with van der Waals surface area (Å²) in [5, 5.41) is 3.40. The van der Waals surface area contributed by atoms with Crippen LogP contribution in [0.25, 0.3) is 0 Å². The van der Waals surface area contributed by atoms with Crippen LogP contribution < -0.4 is 14.8 Å². The maximum atomic E-state index is 12.1. The number of thioether (sulfide) groups is 1. The van der Waals surface area contributed by atoms with Crippen molar-refractivity contribution in [1.82, 2.24) is 5.32 Å². The van der Waals surface area contributed by atoms with Crippen LogP contribution in [0.15, 0.2) is 47.4 Å². The number of halogens is 1. The normalized spacial score (nSPS) is 12.3. The van der Waals surface area contributed by atoms with Crippen LogP contribution in [0.3, 0.4) is 0 Å². The highest BCUT2D eigenvalue weighted by molar-refractivity contribution is 7.99. The Balaban J connectivity index is 1.37. The largest absolute Gasteiger partial charge is 0.486 e. The van der Waals surface area contributed by atoms with Crippen molar-refractivity contribution in [3.8, 4) is 11.5 Å². The van der Waals surface area contributed by atoms with Crippen molar-refractivity contribution in [3.05, 3.63) is 53.1 Å². The number of carbonyl (C=O) groups is 2. The van der Waals surface area contributed by atoms with Crippen molar-refractivity contribution in [3.63, 3.8) is 0 Å². The number of carbonyl (C=O) groups excluding carboxylic acids is 2. The van der Waals surface area contributed by atoms with Gasteiger partial charge in [0.2, 0.25) is 0 Å². The smallest absolute Gasteiger partial charge is 0.338 e. The van der Waals surface area contributed by atoms with Gasteiger partial charge in [0.15, 0.2) is 18.1 Å². The van der Waals surface area contributed by atoms with Crippen LogP contribution in [0.4, 0.5) is 0 Å². The van der Waals surface area contributed by atoms with Gasteiger partial charge in [-0.1, -0.05) is 11.6 Å². The molecule has 0 unspecified atom stereocenters. The van der Waals surface area contributed by atoms with Gasteiger partial charge in [0.25, 0.3) is 5.91 Å². The van der Waals surface area contributed by atoms with E-state index in [0.29, 0.717) is 47.6 Å². The Morgan fingerprint density at radius 3 is 2.59 bits per heavy atom. The molecular formula is C19H18ClNO5S. The predicted molar refractivity (Wildman–Crippen MR) is 103 cm³/mol. The quantitative estimate of drug-likeness (QED) is 0.431. The fourth-order valence-corrected chi connectivity index (χ4v) is 3.22. The number of benzene rings is 2. The van der Waals surface area contributed by atoms with Gasteiger partial charge >= 0.3 is 5.97 Å². The number of hydrogen-bond donors (Lipinski definition) is 1. The fraction of sp³-hybridized carbons (Fsp3) is 0.263. The number of amides is 1. The molecule has 0 fully saturated rings. The van der Waals surface area contributed by atoms with E-state index in [2.05, 4.69) is 5.32 Å². The van der Waals surface area contributed by atoms with Gasteiger partial charge in [-0.3, -0.25) is 4.79 Å². The van der Waals surface area contributed by atoms with Crippen molar-refractivity contribution in [2.45, 2.75) is 4.90 Å². The molecule has 142 valence electrons. The molecule has 1 N–H and O–H groups in total. The minimum absolute atomic E-state index is 0.311. The first-order valence-corrected chi connectivity index (χ1v) is 9.70. The number of ether oxygens (including phenoxy) is 3. The predicted octanol–water partition coefficient (Wildman–Crippen LogP) is 3.18. The van der Waals surface area contributed by atoms with Crippen molar-refractivity contribution >= 4 is 35.2 Å². The molecule has 0 saturated heterocycles. The third-order valence-electron chi connectivity index (χ3n) is 3.62. The van der Waals surface area contributed by atoms with Gasteiger partial charge in [-0.2, -0.15) is 0 Å². The molecule has 1 heterocycles. The maximum absolute atomic E-state index is 12.1. The first-order valence-electron chi connectivity index (χ1n) is 8.33. The second kappa shape index (κ2) is 9.53. The van der Waals surface area contributed by atoms with Crippen LogP contribution >= 0.6 is 23.4 Å². The summed E-state index contributed by atoms with van der Waals surface area (Å²) in [7, 11) is 0. The molecule has 6 nitrogen and oxygen atoms in total. The molecule has 2 aromatic carbocycles. The minimum Gasteiger partial charge on any atom is -0.486 e. The number of fused-ring (bicyclic) bond motifs is 1. The van der Waals surface area contributed by atoms with Gasteiger partial charge < -0.3 is 19.5 Å². The first-order chi connectivity index (χ1) is 13.1. The molecule has 2 aromatic rings. The minimum atomic E-state index is -0.585. The summed E-state index contributed by atoms with van der Waals surface area (Å²) in [4.78, 5) is 24.9. The van der Waals surface area contributed by atoms with E-state index in [1.165, 1.54) is 0 Å². The topological polar surface area (TPSA) is 73.9 Å². The van der Waals surface area contributed by atoms with Gasteiger partial charge in [0, 0.05) is 22.2 Å². The lowest BCUT2D eigenvalue weighted by Crippen LogP contribution is -2.30. The average molecular weight is 408 g/mol. The third kappa shape index (κ3) is 5.80. The highest BCUT2D eigenvalue weighted by atomic mass is 35.5. The lowest BCUT2D eigenvalue weighted by atomic mass is 10.2. The van der Waals surface area contributed by atoms with E-state index in [1.54, 1.807) is 30.0 Å². The molecule has 0 bridgehead atoms. The summed E-state index contributed by atoms with van der Waals surface area (Å²) in [6, 6.07) is 12.3. The lowest BCUT2D eigenvalue weighted by Gasteiger charge is -2.18. The van der Waals surface area contributed by atoms with Crippen molar-refractivity contribution in [1.29, 1.82) is 0 Å². The van der Waals surface area contributed by atoms with E-state index < -0.39 is 5.97 Å². The second-order valence-electron chi connectivity index (χ2n) is 5.59. The molecule has 0 spiro atoms. The SMILES string of the molecule is O=C(COC(=O)c1ccc2c(c1)OCCO2)NCCSc1ccc(Cl)cc1. The monoisotopic (exact) mass is 407 g/mol. The molecule has 0 saturated carbocycles. The van der Waals surface area contributed by atoms with Crippen LogP contribution in [0.1, 0.15) is 10.4 Å². The van der Waals surface area contributed by atoms with E-state index in [0.717, 1.165) is 4.90 Å². The molecular weight excluding hydrogens is 390 g/mol. The van der Waals surface area contributed by atoms with E-state index >= 15 is 0 Å². The fourth-order valence-electron chi connectivity index (χ4n) is 2.33. The maximum Gasteiger partial charge on any atom is 0.338 e. The van der Waals surface area contributed by atoms with E-state index in [-0.39, 0.29) is 12.5 Å². The molecule has 8 heteroatoms. The summed E-state index contributed by atoms with van der Waals surface area (Å²) in [5.41, 5.74) is 0.311. The van der Waals surface area contributed by atoms with Crippen LogP contribution in [-0.2, 0) is 9.53 Å². The Morgan fingerprint density at radius 1 is 1.07 bits per heavy atom. The van der Waals surface area contributed by atoms with Gasteiger partial charge in [0.1, 0.15) is 13.2 Å². The Bertz CT molecular complexity index is 812. The van der Waals surface area contributed by atoms with Crippen molar-refractivity contribution in [2.75, 3.05) is 32.1 Å². The Labute approximate surface area is 166 Å². The standard InChI is InChI=1S/C19H18ClNO5S/c20-14-2-4-15(5-3-14)27-10-7-21-18(22)12-26-19(23)13-1-6-16-17(11-13)25-9-8-24-16/h1-6,11H,7-10,12H2,(H,21,22). The summed E-state index contributed by atoms with van der Waals surface area (Å²) in [5.74, 6) is 0.854. The molecule has 0 aliphatic carbocycles. The van der Waals surface area contributed by atoms with Gasteiger partial charge in [-0.05, 0) is 42.5 Å². The van der Waals surface area contributed by atoms with Gasteiger partial charge in [-0.15, -0.1) is 11.8 Å². The van der Waals surface area contributed by atoms with Crippen molar-refractivity contribution in [2.24, 2.45) is 0 Å². The third-order valence-corrected chi connectivity index (χ3v) is 4.88. The molecule has 0 radical (unpaired) electrons. The lowest BCUT2D eigenvalue weighted by molar-refractivity contribution is -0.124. The van der Waals surface area contributed by atoms with E-state index in [4.69, 9.17) is 25.8 Å². The van der Waals surface area contributed by atoms with E-state index in [1.807, 2.05) is 24.3 Å². The Morgan fingerprint density at radius 2 is 1.81 bits per heavy atom. The zero-order valence-corrected chi connectivity index (χ0v) is 16.0. The van der Waals surface area contributed by atoms with Crippen LogP contribution in [-0.4, -0.2) is 44.0 Å². The van der Waals surface area contributed by atoms with Gasteiger partial charge in [-0.25, -0.2) is 4.79 Å². The number of hydrogen-bond acceptors (Lipinski definition) is 6. The molecule has 3 rings (SSSR count). The van der Waals surface area contributed by atoms with Crippen LogP contribution in [0, 0.1) is 0 Å². The zero-order chi connectivity index (χ0) is 19.1. The summed E-state index contributed by atoms with van der Waals surface area (Å²) in [6.07, 6.45) is 0. The molecule has 1 aliphatic heterocycles. The Hall–Kier alpha value is -2.38. The Kier molecular flexibility index (Phi) is 6.84. The number of esters is 1. The number of rotatable bonds is 7. The highest BCUT2D eigenvalue weighted by Gasteiger charge is 2.16. The zero-order valence-electron chi connectivity index (χ0n) is 14.4. The summed E-state index contributed by atoms with van der Waals surface area (Å²) < 4.78 is 15.9.